The van der Waals surface area contributed by atoms with Gasteiger partial charge in [-0.15, -0.1) is 0 Å². The molecule has 0 fully saturated rings. The number of esters is 1. The molecule has 0 saturated heterocycles. The maximum atomic E-state index is 12.8. The number of alkyl halides is 2. The quantitative estimate of drug-likeness (QED) is 0.774. The molecule has 0 aromatic carbocycles. The minimum atomic E-state index is -2.74. The number of nitrogens with zero attached hydrogens (tertiary/aromatic N) is 1. The molecule has 100 valence electrons. The molecule has 0 amide bonds. The molecule has 1 heterocycles. The van der Waals surface area contributed by atoms with Crippen LogP contribution < -0.4 is 11.5 Å². The molecule has 0 aliphatic rings. The summed E-state index contributed by atoms with van der Waals surface area (Å²) in [5.74, 6) is -0.541. The highest BCUT2D eigenvalue weighted by Gasteiger charge is 2.21. The maximum absolute atomic E-state index is 12.8. The Labute approximate surface area is 103 Å². The first-order chi connectivity index (χ1) is 8.51. The third-order valence-electron chi connectivity index (χ3n) is 2.43. The molecule has 0 bridgehead atoms. The van der Waals surface area contributed by atoms with Crippen LogP contribution >= 0.6 is 0 Å². The monoisotopic (exact) mass is 259 g/mol. The molecule has 0 spiro atoms. The first kappa shape index (κ1) is 14.3. The molecule has 18 heavy (non-hydrogen) atoms. The van der Waals surface area contributed by atoms with Gasteiger partial charge in [0.25, 0.3) is 6.43 Å². The van der Waals surface area contributed by atoms with Gasteiger partial charge < -0.3 is 16.2 Å². The molecule has 0 aliphatic heterocycles. The fraction of sp³-hybridized carbons (Fsp3) is 0.455. The number of anilines is 1. The van der Waals surface area contributed by atoms with E-state index in [1.807, 2.05) is 0 Å². The molecule has 7 heteroatoms. The Kier molecular flexibility index (Phi) is 4.96. The maximum Gasteiger partial charge on any atom is 0.310 e. The van der Waals surface area contributed by atoms with Gasteiger partial charge in [-0.1, -0.05) is 0 Å². The first-order valence-corrected chi connectivity index (χ1v) is 5.41. The highest BCUT2D eigenvalue weighted by molar-refractivity contribution is 5.74. The molecule has 0 aliphatic carbocycles. The highest BCUT2D eigenvalue weighted by Crippen LogP contribution is 2.27. The predicted molar refractivity (Wildman–Crippen MR) is 61.8 cm³/mol. The van der Waals surface area contributed by atoms with Crippen molar-refractivity contribution in [1.82, 2.24) is 4.98 Å². The van der Waals surface area contributed by atoms with Crippen LogP contribution in [0.2, 0.25) is 0 Å². The average molecular weight is 259 g/mol. The molecule has 0 unspecified atom stereocenters. The smallest absolute Gasteiger partial charge is 0.310 e. The van der Waals surface area contributed by atoms with Crippen molar-refractivity contribution >= 4 is 11.8 Å². The lowest BCUT2D eigenvalue weighted by molar-refractivity contribution is -0.142. The third kappa shape index (κ3) is 3.13. The molecule has 0 atom stereocenters. The van der Waals surface area contributed by atoms with Crippen molar-refractivity contribution in [3.8, 4) is 0 Å². The third-order valence-corrected chi connectivity index (χ3v) is 2.43. The van der Waals surface area contributed by atoms with E-state index in [9.17, 15) is 13.6 Å². The Hall–Kier alpha value is -1.76. The Bertz CT molecular complexity index is 439. The zero-order chi connectivity index (χ0) is 13.7. The number of hydrogen-bond acceptors (Lipinski definition) is 5. The van der Waals surface area contributed by atoms with Crippen LogP contribution in [-0.2, 0) is 22.5 Å². The first-order valence-electron chi connectivity index (χ1n) is 5.41. The van der Waals surface area contributed by atoms with E-state index < -0.39 is 12.4 Å². The normalized spacial score (nSPS) is 10.7. The SMILES string of the molecule is CCOC(=O)Cc1c(C(F)F)cnc(N)c1CN. The summed E-state index contributed by atoms with van der Waals surface area (Å²) in [6.45, 7) is 1.76. The summed E-state index contributed by atoms with van der Waals surface area (Å²) >= 11 is 0. The van der Waals surface area contributed by atoms with Crippen molar-refractivity contribution in [3.63, 3.8) is 0 Å². The van der Waals surface area contributed by atoms with Gasteiger partial charge in [-0.2, -0.15) is 0 Å². The zero-order valence-electron chi connectivity index (χ0n) is 9.95. The lowest BCUT2D eigenvalue weighted by Gasteiger charge is -2.14. The van der Waals surface area contributed by atoms with Gasteiger partial charge in [-0.25, -0.2) is 13.8 Å². The van der Waals surface area contributed by atoms with Gasteiger partial charge in [0.15, 0.2) is 0 Å². The van der Waals surface area contributed by atoms with Gasteiger partial charge >= 0.3 is 5.97 Å². The molecule has 0 saturated carbocycles. The molecule has 0 radical (unpaired) electrons. The van der Waals surface area contributed by atoms with Crippen molar-refractivity contribution in [2.24, 2.45) is 5.73 Å². The number of nitrogen functional groups attached to an aromatic ring is 1. The van der Waals surface area contributed by atoms with E-state index in [1.54, 1.807) is 6.92 Å². The van der Waals surface area contributed by atoms with Crippen LogP contribution in [0.5, 0.6) is 0 Å². The summed E-state index contributed by atoms with van der Waals surface area (Å²) in [6.07, 6.45) is -2.06. The van der Waals surface area contributed by atoms with Crippen LogP contribution in [-0.4, -0.2) is 17.6 Å². The molecule has 1 aromatic heterocycles. The predicted octanol–water partition coefficient (Wildman–Crippen LogP) is 1.17. The van der Waals surface area contributed by atoms with Crippen molar-refractivity contribution in [2.75, 3.05) is 12.3 Å². The molecule has 5 nitrogen and oxygen atoms in total. The van der Waals surface area contributed by atoms with Crippen molar-refractivity contribution in [1.29, 1.82) is 0 Å². The van der Waals surface area contributed by atoms with Gasteiger partial charge in [0, 0.05) is 23.9 Å². The fourth-order valence-corrected chi connectivity index (χ4v) is 1.60. The number of nitrogens with two attached hydrogens (primary N) is 2. The van der Waals surface area contributed by atoms with E-state index in [0.29, 0.717) is 0 Å². The van der Waals surface area contributed by atoms with Gasteiger partial charge in [-0.3, -0.25) is 4.79 Å². The van der Waals surface area contributed by atoms with Crippen LogP contribution in [0.4, 0.5) is 14.6 Å². The number of rotatable bonds is 5. The molecule has 1 rings (SSSR count). The molecular weight excluding hydrogens is 244 g/mol. The van der Waals surface area contributed by atoms with Crippen LogP contribution in [0, 0.1) is 0 Å². The van der Waals surface area contributed by atoms with E-state index in [4.69, 9.17) is 16.2 Å². The van der Waals surface area contributed by atoms with Crippen LogP contribution in [0.25, 0.3) is 0 Å². The summed E-state index contributed by atoms with van der Waals surface area (Å²) in [6, 6.07) is 0. The van der Waals surface area contributed by atoms with E-state index >= 15 is 0 Å². The number of ether oxygens (including phenoxy) is 1. The largest absolute Gasteiger partial charge is 0.466 e. The van der Waals surface area contributed by atoms with Crippen molar-refractivity contribution in [2.45, 2.75) is 26.3 Å². The number of carbonyl (C=O) groups is 1. The molecule has 1 aromatic rings. The highest BCUT2D eigenvalue weighted by atomic mass is 19.3. The number of carbonyl (C=O) groups excluding carboxylic acids is 1. The van der Waals surface area contributed by atoms with Crippen LogP contribution in [0.1, 0.15) is 30.0 Å². The van der Waals surface area contributed by atoms with Crippen LogP contribution in [0.3, 0.4) is 0 Å². The Morgan fingerprint density at radius 1 is 1.50 bits per heavy atom. The summed E-state index contributed by atoms with van der Waals surface area (Å²) in [4.78, 5) is 15.0. The number of aromatic nitrogens is 1. The number of pyridine rings is 1. The second-order valence-electron chi connectivity index (χ2n) is 3.54. The minimum Gasteiger partial charge on any atom is -0.466 e. The lowest BCUT2D eigenvalue weighted by Crippen LogP contribution is -2.16. The van der Waals surface area contributed by atoms with Crippen LogP contribution in [0.15, 0.2) is 6.20 Å². The number of halogens is 2. The summed E-state index contributed by atoms with van der Waals surface area (Å²) in [7, 11) is 0. The van der Waals surface area contributed by atoms with Crippen molar-refractivity contribution in [3.05, 3.63) is 22.9 Å². The number of hydrogen-bond donors (Lipinski definition) is 2. The van der Waals surface area contributed by atoms with E-state index in [0.717, 1.165) is 6.20 Å². The Morgan fingerprint density at radius 3 is 2.67 bits per heavy atom. The lowest BCUT2D eigenvalue weighted by atomic mass is 10.0. The van der Waals surface area contributed by atoms with Gasteiger partial charge in [0.05, 0.1) is 13.0 Å². The summed E-state index contributed by atoms with van der Waals surface area (Å²) in [5.41, 5.74) is 11.1. The fourth-order valence-electron chi connectivity index (χ4n) is 1.60. The van der Waals surface area contributed by atoms with Crippen molar-refractivity contribution < 1.29 is 18.3 Å². The summed E-state index contributed by atoms with van der Waals surface area (Å²) < 4.78 is 30.4. The van der Waals surface area contributed by atoms with E-state index in [1.165, 1.54) is 0 Å². The second-order valence-corrected chi connectivity index (χ2v) is 3.54. The summed E-state index contributed by atoms with van der Waals surface area (Å²) in [5, 5.41) is 0. The Morgan fingerprint density at radius 2 is 2.17 bits per heavy atom. The molecule has 4 N–H and O–H groups in total. The molecular formula is C11H15F2N3O2. The second kappa shape index (κ2) is 6.25. The Balaban J connectivity index is 3.19. The standard InChI is InChI=1S/C11H15F2N3O2/c1-2-18-9(17)3-6-7(4-14)11(15)16-5-8(6)10(12)13/h5,10H,2-4,14H2,1H3,(H2,15,16). The minimum absolute atomic E-state index is 0.0567. The van der Waals surface area contributed by atoms with Gasteiger partial charge in [0.2, 0.25) is 0 Å². The zero-order valence-corrected chi connectivity index (χ0v) is 9.95. The van der Waals surface area contributed by atoms with E-state index in [-0.39, 0.29) is 42.1 Å². The topological polar surface area (TPSA) is 91.2 Å². The average Bonchev–Trinajstić information content (AvgIpc) is 2.29. The van der Waals surface area contributed by atoms with E-state index in [2.05, 4.69) is 4.98 Å². The van der Waals surface area contributed by atoms with Gasteiger partial charge in [-0.05, 0) is 12.5 Å². The van der Waals surface area contributed by atoms with Gasteiger partial charge in [0.1, 0.15) is 5.82 Å².